The lowest BCUT2D eigenvalue weighted by Crippen LogP contribution is -2.53. The molecule has 2 aliphatic rings. The maximum absolute atomic E-state index is 12.9. The number of amides is 3. The minimum atomic E-state index is -0.550. The molecule has 0 radical (unpaired) electrons. The van der Waals surface area contributed by atoms with Crippen molar-refractivity contribution in [2.24, 2.45) is 11.8 Å². The Morgan fingerprint density at radius 2 is 1.76 bits per heavy atom. The zero-order valence-corrected chi connectivity index (χ0v) is 17.5. The molecular formula is C22H31N3O4. The third-order valence-corrected chi connectivity index (χ3v) is 5.78. The fourth-order valence-electron chi connectivity index (χ4n) is 3.99. The monoisotopic (exact) mass is 401 g/mol. The van der Waals surface area contributed by atoms with E-state index < -0.39 is 12.0 Å². The van der Waals surface area contributed by atoms with Crippen molar-refractivity contribution in [2.75, 3.05) is 31.6 Å². The molecule has 0 aliphatic carbocycles. The number of carbonyl (C=O) groups excluding carboxylic acids is 3. The number of carbonyl (C=O) groups is 3. The smallest absolute Gasteiger partial charge is 0.245 e. The first kappa shape index (κ1) is 21.1. The first-order chi connectivity index (χ1) is 13.9. The molecule has 2 atom stereocenters. The summed E-state index contributed by atoms with van der Waals surface area (Å²) in [6.07, 6.45) is 3.32. The number of ether oxygens (including phenoxy) is 1. The number of nitrogens with zero attached hydrogens (tertiary/aromatic N) is 2. The van der Waals surface area contributed by atoms with Gasteiger partial charge in [-0.05, 0) is 49.4 Å². The van der Waals surface area contributed by atoms with Gasteiger partial charge in [-0.2, -0.15) is 0 Å². The number of anilines is 1. The van der Waals surface area contributed by atoms with E-state index in [1.807, 2.05) is 30.9 Å². The molecule has 1 aromatic carbocycles. The second kappa shape index (κ2) is 9.29. The van der Waals surface area contributed by atoms with Crippen LogP contribution in [0.4, 0.5) is 5.69 Å². The van der Waals surface area contributed by atoms with Gasteiger partial charge in [-0.25, -0.2) is 0 Å². The molecule has 29 heavy (non-hydrogen) atoms. The molecule has 7 heteroatoms. The molecule has 0 unspecified atom stereocenters. The van der Waals surface area contributed by atoms with Gasteiger partial charge in [0.1, 0.15) is 11.8 Å². The predicted molar refractivity (Wildman–Crippen MR) is 111 cm³/mol. The third-order valence-electron chi connectivity index (χ3n) is 5.78. The van der Waals surface area contributed by atoms with E-state index in [1.54, 1.807) is 24.1 Å². The Morgan fingerprint density at radius 1 is 1.10 bits per heavy atom. The average molecular weight is 402 g/mol. The Morgan fingerprint density at radius 3 is 2.34 bits per heavy atom. The maximum Gasteiger partial charge on any atom is 0.245 e. The molecule has 1 aromatic rings. The number of piperidine rings is 1. The van der Waals surface area contributed by atoms with Gasteiger partial charge in [-0.15, -0.1) is 0 Å². The lowest BCUT2D eigenvalue weighted by molar-refractivity contribution is -0.139. The van der Waals surface area contributed by atoms with Crippen LogP contribution in [-0.2, 0) is 14.4 Å². The van der Waals surface area contributed by atoms with E-state index in [2.05, 4.69) is 5.32 Å². The zero-order chi connectivity index (χ0) is 21.0. The van der Waals surface area contributed by atoms with Gasteiger partial charge < -0.3 is 19.9 Å². The first-order valence-electron chi connectivity index (χ1n) is 10.4. The quantitative estimate of drug-likeness (QED) is 0.793. The molecule has 3 rings (SSSR count). The van der Waals surface area contributed by atoms with Crippen LogP contribution in [0.5, 0.6) is 5.75 Å². The molecule has 7 nitrogen and oxygen atoms in total. The summed E-state index contributed by atoms with van der Waals surface area (Å²) in [6.45, 7) is 5.71. The van der Waals surface area contributed by atoms with Crippen molar-refractivity contribution >= 4 is 23.4 Å². The normalized spacial score (nSPS) is 20.7. The third kappa shape index (κ3) is 4.89. The molecule has 0 aromatic heterocycles. The molecule has 2 saturated heterocycles. The number of hydrogen-bond donors (Lipinski definition) is 1. The van der Waals surface area contributed by atoms with Gasteiger partial charge in [-0.1, -0.05) is 13.8 Å². The van der Waals surface area contributed by atoms with Crippen molar-refractivity contribution in [3.05, 3.63) is 24.3 Å². The van der Waals surface area contributed by atoms with Crippen molar-refractivity contribution in [1.82, 2.24) is 10.2 Å². The van der Waals surface area contributed by atoms with Crippen LogP contribution in [0.2, 0.25) is 0 Å². The van der Waals surface area contributed by atoms with Gasteiger partial charge in [0.25, 0.3) is 0 Å². The number of rotatable bonds is 6. The van der Waals surface area contributed by atoms with Crippen molar-refractivity contribution < 1.29 is 19.1 Å². The fourth-order valence-corrected chi connectivity index (χ4v) is 3.99. The van der Waals surface area contributed by atoms with Crippen LogP contribution >= 0.6 is 0 Å². The minimum Gasteiger partial charge on any atom is -0.497 e. The summed E-state index contributed by atoms with van der Waals surface area (Å²) in [5, 5.41) is 2.94. The van der Waals surface area contributed by atoms with Gasteiger partial charge in [0.05, 0.1) is 13.0 Å². The number of likely N-dealkylation sites (tertiary alicyclic amines) is 1. The van der Waals surface area contributed by atoms with Gasteiger partial charge in [0, 0.05) is 31.7 Å². The fraction of sp³-hybridized carbons (Fsp3) is 0.591. The molecule has 0 bridgehead atoms. The number of benzene rings is 1. The zero-order valence-electron chi connectivity index (χ0n) is 17.5. The second-order valence-electron chi connectivity index (χ2n) is 8.22. The standard InChI is InChI=1S/C22H31N3O4/c1-15(2)20(22(28)24-11-5-4-6-12-24)23-21(27)16-13-19(26)25(14-16)17-7-9-18(29-3)10-8-17/h7-10,15-16,20H,4-6,11-14H2,1-3H3,(H,23,27)/t16-,20-/m0/s1. The topological polar surface area (TPSA) is 79.0 Å². The summed E-state index contributed by atoms with van der Waals surface area (Å²) >= 11 is 0. The molecule has 158 valence electrons. The molecule has 2 heterocycles. The highest BCUT2D eigenvalue weighted by Crippen LogP contribution is 2.27. The van der Waals surface area contributed by atoms with Crippen LogP contribution in [0.3, 0.4) is 0 Å². The largest absolute Gasteiger partial charge is 0.497 e. The van der Waals surface area contributed by atoms with Crippen LogP contribution in [0.1, 0.15) is 39.5 Å². The van der Waals surface area contributed by atoms with Gasteiger partial charge in [0.2, 0.25) is 17.7 Å². The first-order valence-corrected chi connectivity index (χ1v) is 10.4. The Bertz CT molecular complexity index is 741. The van der Waals surface area contributed by atoms with E-state index in [0.29, 0.717) is 12.3 Å². The lowest BCUT2D eigenvalue weighted by Gasteiger charge is -2.32. The number of nitrogens with one attached hydrogen (secondary N) is 1. The van der Waals surface area contributed by atoms with E-state index in [-0.39, 0.29) is 30.1 Å². The predicted octanol–water partition coefficient (Wildman–Crippen LogP) is 2.20. The van der Waals surface area contributed by atoms with E-state index >= 15 is 0 Å². The summed E-state index contributed by atoms with van der Waals surface area (Å²) in [4.78, 5) is 41.8. The molecule has 0 spiro atoms. The molecule has 2 fully saturated rings. The van der Waals surface area contributed by atoms with Crippen molar-refractivity contribution in [2.45, 2.75) is 45.6 Å². The van der Waals surface area contributed by atoms with E-state index in [1.165, 1.54) is 0 Å². The Kier molecular flexibility index (Phi) is 6.77. The summed E-state index contributed by atoms with van der Waals surface area (Å²) in [6, 6.07) is 6.66. The highest BCUT2D eigenvalue weighted by Gasteiger charge is 2.38. The van der Waals surface area contributed by atoms with Crippen LogP contribution in [0.15, 0.2) is 24.3 Å². The van der Waals surface area contributed by atoms with E-state index in [9.17, 15) is 14.4 Å². The Balaban J connectivity index is 1.64. The van der Waals surface area contributed by atoms with Crippen molar-refractivity contribution in [3.63, 3.8) is 0 Å². The molecule has 1 N–H and O–H groups in total. The van der Waals surface area contributed by atoms with E-state index in [4.69, 9.17) is 4.74 Å². The average Bonchev–Trinajstić information content (AvgIpc) is 3.13. The van der Waals surface area contributed by atoms with Crippen LogP contribution in [0, 0.1) is 11.8 Å². The van der Waals surface area contributed by atoms with Crippen LogP contribution in [0.25, 0.3) is 0 Å². The number of hydrogen-bond acceptors (Lipinski definition) is 4. The summed E-state index contributed by atoms with van der Waals surface area (Å²) in [5.41, 5.74) is 0.746. The Hall–Kier alpha value is -2.57. The van der Waals surface area contributed by atoms with Crippen LogP contribution in [-0.4, -0.2) is 55.4 Å². The highest BCUT2D eigenvalue weighted by molar-refractivity contribution is 6.01. The maximum atomic E-state index is 12.9. The molecule has 2 aliphatic heterocycles. The summed E-state index contributed by atoms with van der Waals surface area (Å²) < 4.78 is 5.15. The van der Waals surface area contributed by atoms with Gasteiger partial charge >= 0.3 is 0 Å². The second-order valence-corrected chi connectivity index (χ2v) is 8.22. The highest BCUT2D eigenvalue weighted by atomic mass is 16.5. The molecule has 3 amide bonds. The van der Waals surface area contributed by atoms with E-state index in [0.717, 1.165) is 38.0 Å². The SMILES string of the molecule is COc1ccc(N2C[C@@H](C(=O)N[C@H](C(=O)N3CCCCC3)C(C)C)CC2=O)cc1. The van der Waals surface area contributed by atoms with Crippen LogP contribution < -0.4 is 15.0 Å². The molecular weight excluding hydrogens is 370 g/mol. The van der Waals surface area contributed by atoms with Crippen molar-refractivity contribution in [1.29, 1.82) is 0 Å². The summed E-state index contributed by atoms with van der Waals surface area (Å²) in [7, 11) is 1.59. The number of methoxy groups -OCH3 is 1. The van der Waals surface area contributed by atoms with Gasteiger partial charge in [0.15, 0.2) is 0 Å². The van der Waals surface area contributed by atoms with Gasteiger partial charge in [-0.3, -0.25) is 14.4 Å². The summed E-state index contributed by atoms with van der Waals surface area (Å²) in [5.74, 6) is -0.0737. The molecule has 0 saturated carbocycles. The Labute approximate surface area is 172 Å². The lowest BCUT2D eigenvalue weighted by atomic mass is 9.99. The minimum absolute atomic E-state index is 0.00983. The van der Waals surface area contributed by atoms with Crippen molar-refractivity contribution in [3.8, 4) is 5.75 Å².